The van der Waals surface area contributed by atoms with E-state index in [1.54, 1.807) is 19.2 Å². The standard InChI is InChI=1S/C18H22FN3/c1-13-4-7-16(14(2)10-13)12-22-18(20-3)21-11-15-5-8-17(19)9-6-15/h4-10H,11-12H2,1-3H3,(H2,20,21,22). The van der Waals surface area contributed by atoms with Crippen molar-refractivity contribution in [3.05, 3.63) is 70.5 Å². The fourth-order valence-corrected chi connectivity index (χ4v) is 2.23. The highest BCUT2D eigenvalue weighted by Crippen LogP contribution is 2.10. The fourth-order valence-electron chi connectivity index (χ4n) is 2.23. The average Bonchev–Trinajstić information content (AvgIpc) is 2.51. The fraction of sp³-hybridized carbons (Fsp3) is 0.278. The van der Waals surface area contributed by atoms with Gasteiger partial charge in [-0.15, -0.1) is 0 Å². The lowest BCUT2D eigenvalue weighted by molar-refractivity contribution is 0.626. The van der Waals surface area contributed by atoms with Crippen LogP contribution in [0.25, 0.3) is 0 Å². The van der Waals surface area contributed by atoms with Crippen molar-refractivity contribution in [3.63, 3.8) is 0 Å². The van der Waals surface area contributed by atoms with Crippen LogP contribution < -0.4 is 10.6 Å². The summed E-state index contributed by atoms with van der Waals surface area (Å²) in [7, 11) is 1.74. The second-order valence-corrected chi connectivity index (χ2v) is 5.34. The summed E-state index contributed by atoms with van der Waals surface area (Å²) in [6, 6.07) is 12.9. The van der Waals surface area contributed by atoms with Crippen LogP contribution in [0.4, 0.5) is 4.39 Å². The summed E-state index contributed by atoms with van der Waals surface area (Å²) < 4.78 is 12.9. The van der Waals surface area contributed by atoms with Gasteiger partial charge >= 0.3 is 0 Å². The molecular weight excluding hydrogens is 277 g/mol. The van der Waals surface area contributed by atoms with Crippen LogP contribution in [-0.4, -0.2) is 13.0 Å². The first kappa shape index (κ1) is 16.0. The van der Waals surface area contributed by atoms with Gasteiger partial charge in [-0.3, -0.25) is 4.99 Å². The van der Waals surface area contributed by atoms with Gasteiger partial charge in [0.2, 0.25) is 0 Å². The molecule has 0 bridgehead atoms. The zero-order valence-electron chi connectivity index (χ0n) is 13.3. The number of rotatable bonds is 4. The van der Waals surface area contributed by atoms with Crippen molar-refractivity contribution in [3.8, 4) is 0 Å². The van der Waals surface area contributed by atoms with Gasteiger partial charge in [0.15, 0.2) is 5.96 Å². The third-order valence-electron chi connectivity index (χ3n) is 3.54. The molecule has 0 aliphatic heterocycles. The molecule has 0 aromatic heterocycles. The van der Waals surface area contributed by atoms with Crippen LogP contribution in [0.1, 0.15) is 22.3 Å². The van der Waals surface area contributed by atoms with Gasteiger partial charge in [0.1, 0.15) is 5.82 Å². The average molecular weight is 299 g/mol. The Labute approximate surface area is 131 Å². The highest BCUT2D eigenvalue weighted by molar-refractivity contribution is 5.79. The van der Waals surface area contributed by atoms with E-state index in [4.69, 9.17) is 0 Å². The first-order valence-corrected chi connectivity index (χ1v) is 7.33. The Balaban J connectivity index is 1.88. The molecule has 2 N–H and O–H groups in total. The molecule has 0 saturated heterocycles. The number of aliphatic imine (C=N–C) groups is 1. The summed E-state index contributed by atoms with van der Waals surface area (Å²) in [4.78, 5) is 4.20. The van der Waals surface area contributed by atoms with E-state index in [2.05, 4.69) is 47.7 Å². The van der Waals surface area contributed by atoms with Gasteiger partial charge in [0, 0.05) is 20.1 Å². The van der Waals surface area contributed by atoms with Crippen LogP contribution in [-0.2, 0) is 13.1 Å². The van der Waals surface area contributed by atoms with E-state index < -0.39 is 0 Å². The topological polar surface area (TPSA) is 36.4 Å². The van der Waals surface area contributed by atoms with E-state index in [0.717, 1.165) is 18.1 Å². The van der Waals surface area contributed by atoms with Crippen molar-refractivity contribution >= 4 is 5.96 Å². The van der Waals surface area contributed by atoms with Gasteiger partial charge in [-0.25, -0.2) is 4.39 Å². The van der Waals surface area contributed by atoms with E-state index in [1.807, 2.05) is 0 Å². The minimum absolute atomic E-state index is 0.221. The molecule has 22 heavy (non-hydrogen) atoms. The first-order valence-electron chi connectivity index (χ1n) is 7.33. The summed E-state index contributed by atoms with van der Waals surface area (Å²) in [5, 5.41) is 6.52. The molecule has 0 atom stereocenters. The minimum atomic E-state index is -0.221. The monoisotopic (exact) mass is 299 g/mol. The van der Waals surface area contributed by atoms with Crippen LogP contribution in [0.5, 0.6) is 0 Å². The lowest BCUT2D eigenvalue weighted by Gasteiger charge is -2.13. The highest BCUT2D eigenvalue weighted by Gasteiger charge is 2.02. The van der Waals surface area contributed by atoms with Crippen molar-refractivity contribution < 1.29 is 4.39 Å². The zero-order valence-corrected chi connectivity index (χ0v) is 13.3. The molecule has 0 saturated carbocycles. The molecular formula is C18H22FN3. The number of aryl methyl sites for hydroxylation is 2. The van der Waals surface area contributed by atoms with E-state index >= 15 is 0 Å². The van der Waals surface area contributed by atoms with Crippen molar-refractivity contribution in [2.75, 3.05) is 7.05 Å². The molecule has 2 aromatic rings. The smallest absolute Gasteiger partial charge is 0.191 e. The first-order chi connectivity index (χ1) is 10.6. The van der Waals surface area contributed by atoms with Gasteiger partial charge in [-0.05, 0) is 42.7 Å². The molecule has 0 radical (unpaired) electrons. The molecule has 0 aliphatic carbocycles. The maximum atomic E-state index is 12.9. The van der Waals surface area contributed by atoms with Crippen molar-refractivity contribution in [2.45, 2.75) is 26.9 Å². The van der Waals surface area contributed by atoms with E-state index in [-0.39, 0.29) is 5.82 Å². The molecule has 0 amide bonds. The van der Waals surface area contributed by atoms with Crippen LogP contribution >= 0.6 is 0 Å². The van der Waals surface area contributed by atoms with Crippen LogP contribution in [0, 0.1) is 19.7 Å². The molecule has 0 fully saturated rings. The summed E-state index contributed by atoms with van der Waals surface area (Å²) in [5.74, 6) is 0.505. The Morgan fingerprint density at radius 2 is 1.68 bits per heavy atom. The molecule has 0 unspecified atom stereocenters. The third-order valence-corrected chi connectivity index (χ3v) is 3.54. The molecule has 0 spiro atoms. The minimum Gasteiger partial charge on any atom is -0.352 e. The lowest BCUT2D eigenvalue weighted by Crippen LogP contribution is -2.36. The SMILES string of the molecule is CN=C(NCc1ccc(F)cc1)NCc1ccc(C)cc1C. The number of halogens is 1. The maximum Gasteiger partial charge on any atom is 0.191 e. The lowest BCUT2D eigenvalue weighted by atomic mass is 10.1. The predicted octanol–water partition coefficient (Wildman–Crippen LogP) is 3.31. The van der Waals surface area contributed by atoms with Crippen molar-refractivity contribution in [2.24, 2.45) is 4.99 Å². The maximum absolute atomic E-state index is 12.9. The van der Waals surface area contributed by atoms with Gasteiger partial charge in [0.05, 0.1) is 0 Å². The Bertz CT molecular complexity index is 648. The molecule has 4 heteroatoms. The molecule has 0 aliphatic rings. The van der Waals surface area contributed by atoms with Crippen molar-refractivity contribution in [1.29, 1.82) is 0 Å². The third kappa shape index (κ3) is 4.58. The van der Waals surface area contributed by atoms with Crippen molar-refractivity contribution in [1.82, 2.24) is 10.6 Å². The Morgan fingerprint density at radius 3 is 2.32 bits per heavy atom. The van der Waals surface area contributed by atoms with Gasteiger partial charge in [0.25, 0.3) is 0 Å². The number of nitrogens with zero attached hydrogens (tertiary/aromatic N) is 1. The largest absolute Gasteiger partial charge is 0.352 e. The van der Waals surface area contributed by atoms with E-state index in [9.17, 15) is 4.39 Å². The number of benzene rings is 2. The van der Waals surface area contributed by atoms with E-state index in [1.165, 1.54) is 28.8 Å². The number of hydrogen-bond acceptors (Lipinski definition) is 1. The number of hydrogen-bond donors (Lipinski definition) is 2. The summed E-state index contributed by atoms with van der Waals surface area (Å²) >= 11 is 0. The van der Waals surface area contributed by atoms with Crippen LogP contribution in [0.2, 0.25) is 0 Å². The molecule has 3 nitrogen and oxygen atoms in total. The normalized spacial score (nSPS) is 11.4. The number of nitrogens with one attached hydrogen (secondary N) is 2. The molecule has 2 aromatic carbocycles. The van der Waals surface area contributed by atoms with E-state index in [0.29, 0.717) is 6.54 Å². The quantitative estimate of drug-likeness (QED) is 0.671. The molecule has 2 rings (SSSR count). The molecule has 0 heterocycles. The predicted molar refractivity (Wildman–Crippen MR) is 89.4 cm³/mol. The summed E-state index contributed by atoms with van der Waals surface area (Å²) in [6.45, 7) is 5.52. The van der Waals surface area contributed by atoms with Crippen LogP contribution in [0.15, 0.2) is 47.5 Å². The van der Waals surface area contributed by atoms with Gasteiger partial charge < -0.3 is 10.6 Å². The zero-order chi connectivity index (χ0) is 15.9. The van der Waals surface area contributed by atoms with Crippen LogP contribution in [0.3, 0.4) is 0 Å². The Kier molecular flexibility index (Phi) is 5.53. The van der Waals surface area contributed by atoms with Gasteiger partial charge in [-0.2, -0.15) is 0 Å². The Morgan fingerprint density at radius 1 is 1.00 bits per heavy atom. The second kappa shape index (κ2) is 7.59. The summed E-state index contributed by atoms with van der Waals surface area (Å²) in [6.07, 6.45) is 0. The molecule has 116 valence electrons. The Hall–Kier alpha value is -2.36. The highest BCUT2D eigenvalue weighted by atomic mass is 19.1. The summed E-state index contributed by atoms with van der Waals surface area (Å²) in [5.41, 5.74) is 4.78. The number of guanidine groups is 1. The second-order valence-electron chi connectivity index (χ2n) is 5.34. The van der Waals surface area contributed by atoms with Gasteiger partial charge in [-0.1, -0.05) is 35.9 Å².